The fourth-order valence-corrected chi connectivity index (χ4v) is 1.68. The van der Waals surface area contributed by atoms with Crippen LogP contribution >= 0.6 is 0 Å². The molecular formula is C11H12BNO2. The van der Waals surface area contributed by atoms with Gasteiger partial charge in [0.1, 0.15) is 0 Å². The Kier molecular flexibility index (Phi) is 2.71. The molecule has 2 aromatic rings. The first kappa shape index (κ1) is 10.1. The van der Waals surface area contributed by atoms with E-state index < -0.39 is 7.12 Å². The van der Waals surface area contributed by atoms with Crippen LogP contribution in [0, 0.1) is 0 Å². The van der Waals surface area contributed by atoms with Crippen LogP contribution in [0.2, 0.25) is 0 Å². The average Bonchev–Trinajstić information content (AvgIpc) is 2.27. The van der Waals surface area contributed by atoms with Gasteiger partial charge in [0.2, 0.25) is 0 Å². The molecule has 0 saturated heterocycles. The van der Waals surface area contributed by atoms with Gasteiger partial charge in [-0.3, -0.25) is 4.98 Å². The van der Waals surface area contributed by atoms with Gasteiger partial charge in [-0.25, -0.2) is 0 Å². The Morgan fingerprint density at radius 2 is 2.00 bits per heavy atom. The molecule has 0 amide bonds. The summed E-state index contributed by atoms with van der Waals surface area (Å²) in [6.45, 7) is 1.95. The zero-order valence-electron chi connectivity index (χ0n) is 8.51. The standard InChI is InChI=1S/C11H12BNO2/c1-2-10-9(12(14)15)7-8-5-3-4-6-11(8)13-10/h3-7,14-15H,2H2,1H3. The van der Waals surface area contributed by atoms with E-state index in [2.05, 4.69) is 4.98 Å². The Bertz CT molecular complexity index is 485. The lowest BCUT2D eigenvalue weighted by Crippen LogP contribution is -2.33. The zero-order valence-corrected chi connectivity index (χ0v) is 8.51. The second kappa shape index (κ2) is 4.00. The molecule has 0 aliphatic heterocycles. The highest BCUT2D eigenvalue weighted by Crippen LogP contribution is 2.11. The number of nitrogens with zero attached hydrogens (tertiary/aromatic N) is 1. The molecule has 0 saturated carbocycles. The van der Waals surface area contributed by atoms with Crippen LogP contribution in [0.4, 0.5) is 0 Å². The summed E-state index contributed by atoms with van der Waals surface area (Å²) in [4.78, 5) is 4.39. The molecule has 76 valence electrons. The topological polar surface area (TPSA) is 53.4 Å². The quantitative estimate of drug-likeness (QED) is 0.694. The number of pyridine rings is 1. The van der Waals surface area contributed by atoms with E-state index in [1.807, 2.05) is 31.2 Å². The van der Waals surface area contributed by atoms with Crippen LogP contribution in [0.1, 0.15) is 12.6 Å². The van der Waals surface area contributed by atoms with Crippen molar-refractivity contribution in [2.75, 3.05) is 0 Å². The lowest BCUT2D eigenvalue weighted by molar-refractivity contribution is 0.425. The molecule has 0 unspecified atom stereocenters. The number of rotatable bonds is 2. The molecule has 0 bridgehead atoms. The van der Waals surface area contributed by atoms with Crippen molar-refractivity contribution >= 4 is 23.5 Å². The van der Waals surface area contributed by atoms with Gasteiger partial charge in [0.05, 0.1) is 5.52 Å². The molecule has 1 heterocycles. The smallest absolute Gasteiger partial charge is 0.423 e. The lowest BCUT2D eigenvalue weighted by Gasteiger charge is -2.07. The molecule has 2 N–H and O–H groups in total. The summed E-state index contributed by atoms with van der Waals surface area (Å²) in [6, 6.07) is 9.44. The largest absolute Gasteiger partial charge is 0.490 e. The van der Waals surface area contributed by atoms with Crippen molar-refractivity contribution in [3.05, 3.63) is 36.0 Å². The predicted molar refractivity (Wildman–Crippen MR) is 60.9 cm³/mol. The summed E-state index contributed by atoms with van der Waals surface area (Å²) in [5.74, 6) is 0. The van der Waals surface area contributed by atoms with Gasteiger partial charge in [-0.2, -0.15) is 0 Å². The third-order valence-electron chi connectivity index (χ3n) is 2.45. The Balaban J connectivity index is 2.69. The monoisotopic (exact) mass is 201 g/mol. The van der Waals surface area contributed by atoms with Crippen LogP contribution in [0.3, 0.4) is 0 Å². The van der Waals surface area contributed by atoms with E-state index in [4.69, 9.17) is 0 Å². The fraction of sp³-hybridized carbons (Fsp3) is 0.182. The van der Waals surface area contributed by atoms with Crippen LogP contribution in [-0.2, 0) is 6.42 Å². The molecule has 0 aliphatic rings. The van der Waals surface area contributed by atoms with Crippen molar-refractivity contribution in [3.8, 4) is 0 Å². The van der Waals surface area contributed by atoms with E-state index in [0.717, 1.165) is 16.6 Å². The highest BCUT2D eigenvalue weighted by Gasteiger charge is 2.16. The van der Waals surface area contributed by atoms with Crippen LogP contribution in [-0.4, -0.2) is 22.2 Å². The second-order valence-corrected chi connectivity index (χ2v) is 3.44. The molecule has 0 radical (unpaired) electrons. The Hall–Kier alpha value is -1.39. The van der Waals surface area contributed by atoms with Crippen LogP contribution in [0.25, 0.3) is 10.9 Å². The van der Waals surface area contributed by atoms with Crippen molar-refractivity contribution in [2.45, 2.75) is 13.3 Å². The van der Waals surface area contributed by atoms with E-state index in [9.17, 15) is 10.0 Å². The maximum Gasteiger partial charge on any atom is 0.490 e. The van der Waals surface area contributed by atoms with E-state index in [1.54, 1.807) is 6.07 Å². The van der Waals surface area contributed by atoms with Crippen molar-refractivity contribution < 1.29 is 10.0 Å². The van der Waals surface area contributed by atoms with Gasteiger partial charge >= 0.3 is 7.12 Å². The van der Waals surface area contributed by atoms with Gasteiger partial charge in [-0.15, -0.1) is 0 Å². The molecule has 15 heavy (non-hydrogen) atoms. The van der Waals surface area contributed by atoms with Crippen molar-refractivity contribution in [1.82, 2.24) is 4.98 Å². The van der Waals surface area contributed by atoms with Crippen molar-refractivity contribution in [3.63, 3.8) is 0 Å². The predicted octanol–water partition coefficient (Wildman–Crippen LogP) is 0.477. The van der Waals surface area contributed by atoms with Gasteiger partial charge < -0.3 is 10.0 Å². The fourth-order valence-electron chi connectivity index (χ4n) is 1.68. The highest BCUT2D eigenvalue weighted by atomic mass is 16.4. The molecule has 0 aliphatic carbocycles. The van der Waals surface area contributed by atoms with Gasteiger partial charge in [-0.1, -0.05) is 31.2 Å². The maximum atomic E-state index is 9.21. The third-order valence-corrected chi connectivity index (χ3v) is 2.45. The number of fused-ring (bicyclic) bond motifs is 1. The summed E-state index contributed by atoms with van der Waals surface area (Å²) < 4.78 is 0. The minimum absolute atomic E-state index is 0.496. The first-order valence-corrected chi connectivity index (χ1v) is 4.97. The number of aromatic nitrogens is 1. The van der Waals surface area contributed by atoms with Gasteiger partial charge in [0.15, 0.2) is 0 Å². The maximum absolute atomic E-state index is 9.21. The number of para-hydroxylation sites is 1. The summed E-state index contributed by atoms with van der Waals surface area (Å²) in [6.07, 6.45) is 0.692. The van der Waals surface area contributed by atoms with Crippen LogP contribution < -0.4 is 5.46 Å². The summed E-state index contributed by atoms with van der Waals surface area (Å²) in [5.41, 5.74) is 2.12. The molecule has 1 aromatic carbocycles. The summed E-state index contributed by atoms with van der Waals surface area (Å²) in [5, 5.41) is 19.3. The van der Waals surface area contributed by atoms with Gasteiger partial charge in [0.25, 0.3) is 0 Å². The van der Waals surface area contributed by atoms with Crippen LogP contribution in [0.5, 0.6) is 0 Å². The molecular weight excluding hydrogens is 189 g/mol. The normalized spacial score (nSPS) is 10.6. The number of hydrogen-bond acceptors (Lipinski definition) is 3. The lowest BCUT2D eigenvalue weighted by atomic mass is 9.78. The minimum atomic E-state index is -1.45. The molecule has 1 aromatic heterocycles. The molecule has 2 rings (SSSR count). The van der Waals surface area contributed by atoms with Gasteiger partial charge in [-0.05, 0) is 17.9 Å². The summed E-state index contributed by atoms with van der Waals surface area (Å²) in [7, 11) is -1.45. The number of benzene rings is 1. The van der Waals surface area contributed by atoms with Crippen molar-refractivity contribution in [1.29, 1.82) is 0 Å². The first-order chi connectivity index (χ1) is 7.22. The van der Waals surface area contributed by atoms with E-state index >= 15 is 0 Å². The zero-order chi connectivity index (χ0) is 10.8. The molecule has 3 nitrogen and oxygen atoms in total. The van der Waals surface area contributed by atoms with Crippen molar-refractivity contribution in [2.24, 2.45) is 0 Å². The minimum Gasteiger partial charge on any atom is -0.423 e. The Labute approximate surface area is 88.5 Å². The summed E-state index contributed by atoms with van der Waals surface area (Å²) >= 11 is 0. The average molecular weight is 201 g/mol. The van der Waals surface area contributed by atoms with E-state index in [1.165, 1.54) is 0 Å². The SMILES string of the molecule is CCc1nc2ccccc2cc1B(O)O. The molecule has 0 atom stereocenters. The Morgan fingerprint density at radius 1 is 1.27 bits per heavy atom. The molecule has 0 spiro atoms. The van der Waals surface area contributed by atoms with E-state index in [-0.39, 0.29) is 0 Å². The number of hydrogen-bond donors (Lipinski definition) is 2. The highest BCUT2D eigenvalue weighted by molar-refractivity contribution is 6.59. The van der Waals surface area contributed by atoms with Crippen LogP contribution in [0.15, 0.2) is 30.3 Å². The van der Waals surface area contributed by atoms with Gasteiger partial charge in [0, 0.05) is 11.2 Å². The molecule has 4 heteroatoms. The third kappa shape index (κ3) is 1.86. The first-order valence-electron chi connectivity index (χ1n) is 4.97. The van der Waals surface area contributed by atoms with E-state index in [0.29, 0.717) is 11.9 Å². The number of aryl methyl sites for hydroxylation is 1. The molecule has 0 fully saturated rings. The Morgan fingerprint density at radius 3 is 2.67 bits per heavy atom. The second-order valence-electron chi connectivity index (χ2n) is 3.44.